The van der Waals surface area contributed by atoms with Gasteiger partial charge >= 0.3 is 0 Å². The number of halogens is 1. The highest BCUT2D eigenvalue weighted by atomic mass is 19.1. The molecule has 0 aromatic heterocycles. The fourth-order valence-electron chi connectivity index (χ4n) is 4.08. The molecule has 1 amide bonds. The number of amides is 1. The zero-order valence-corrected chi connectivity index (χ0v) is 17.6. The van der Waals surface area contributed by atoms with Gasteiger partial charge in [0.2, 0.25) is 0 Å². The number of nitrogens with one attached hydrogen (secondary N) is 2. The molecule has 0 spiro atoms. The summed E-state index contributed by atoms with van der Waals surface area (Å²) >= 11 is 0. The molecule has 0 unspecified atom stereocenters. The maximum Gasteiger partial charge on any atom is 0.282 e. The number of para-hydroxylation sites is 1. The summed E-state index contributed by atoms with van der Waals surface area (Å²) in [6.07, 6.45) is 0. The highest BCUT2D eigenvalue weighted by molar-refractivity contribution is 5.94. The van der Waals surface area contributed by atoms with Crippen LogP contribution in [-0.4, -0.2) is 51.8 Å². The van der Waals surface area contributed by atoms with Gasteiger partial charge < -0.3 is 19.4 Å². The monoisotopic (exact) mass is 401 g/mol. The minimum absolute atomic E-state index is 0.122. The highest BCUT2D eigenvalue weighted by Gasteiger charge is 2.29. The van der Waals surface area contributed by atoms with E-state index in [9.17, 15) is 9.18 Å². The third-order valence-electron chi connectivity index (χ3n) is 5.57. The summed E-state index contributed by atoms with van der Waals surface area (Å²) in [5, 5.41) is 0. The highest BCUT2D eigenvalue weighted by Crippen LogP contribution is 2.18. The Hall–Kier alpha value is -2.44. The lowest BCUT2D eigenvalue weighted by atomic mass is 10.1. The van der Waals surface area contributed by atoms with Crippen molar-refractivity contribution in [3.05, 3.63) is 59.9 Å². The Balaban J connectivity index is 1.55. The van der Waals surface area contributed by atoms with Crippen LogP contribution in [0.5, 0.6) is 5.75 Å². The smallest absolute Gasteiger partial charge is 0.282 e. The molecule has 1 aliphatic heterocycles. The molecule has 1 fully saturated rings. The molecular formula is C23H32FN3O2+2. The summed E-state index contributed by atoms with van der Waals surface area (Å²) in [5.74, 6) is 0.667. The molecule has 6 heteroatoms. The number of rotatable bonds is 7. The van der Waals surface area contributed by atoms with Crippen LogP contribution in [0.1, 0.15) is 19.4 Å². The van der Waals surface area contributed by atoms with E-state index < -0.39 is 0 Å². The van der Waals surface area contributed by atoms with Gasteiger partial charge in [0, 0.05) is 11.7 Å². The van der Waals surface area contributed by atoms with Crippen LogP contribution < -0.4 is 19.4 Å². The van der Waals surface area contributed by atoms with Crippen LogP contribution in [0.3, 0.4) is 0 Å². The number of carbonyl (C=O) groups excluding carboxylic acids is 1. The third-order valence-corrected chi connectivity index (χ3v) is 5.57. The first-order valence-electron chi connectivity index (χ1n) is 10.3. The topological polar surface area (TPSA) is 38.4 Å². The van der Waals surface area contributed by atoms with Crippen molar-refractivity contribution in [3.8, 4) is 5.75 Å². The number of anilines is 1. The first-order valence-corrected chi connectivity index (χ1v) is 10.3. The fourth-order valence-corrected chi connectivity index (χ4v) is 4.08. The Morgan fingerprint density at radius 3 is 2.34 bits per heavy atom. The third kappa shape index (κ3) is 5.55. The molecule has 2 N–H and O–H groups in total. The van der Waals surface area contributed by atoms with Gasteiger partial charge in [-0.3, -0.25) is 4.79 Å². The minimum Gasteiger partial charge on any atom is -0.496 e. The van der Waals surface area contributed by atoms with Crippen LogP contribution in [0.15, 0.2) is 48.5 Å². The summed E-state index contributed by atoms with van der Waals surface area (Å²) in [6, 6.07) is 14.7. The molecule has 29 heavy (non-hydrogen) atoms. The van der Waals surface area contributed by atoms with Crippen LogP contribution in [-0.2, 0) is 11.3 Å². The van der Waals surface area contributed by atoms with E-state index in [1.165, 1.54) is 15.9 Å². The van der Waals surface area contributed by atoms with Crippen molar-refractivity contribution >= 4 is 11.6 Å². The number of ether oxygens (including phenoxy) is 1. The molecule has 0 radical (unpaired) electrons. The second kappa shape index (κ2) is 9.85. The van der Waals surface area contributed by atoms with Crippen LogP contribution in [0.25, 0.3) is 0 Å². The predicted octanol–water partition coefficient (Wildman–Crippen LogP) is 0.559. The Kier molecular flexibility index (Phi) is 7.23. The van der Waals surface area contributed by atoms with Crippen molar-refractivity contribution in [2.75, 3.05) is 44.7 Å². The Labute approximate surface area is 172 Å². The van der Waals surface area contributed by atoms with Gasteiger partial charge in [-0.1, -0.05) is 18.2 Å². The van der Waals surface area contributed by atoms with E-state index in [0.29, 0.717) is 6.54 Å². The molecule has 1 saturated heterocycles. The SMILES string of the molecule is COc1ccc(F)cc1C[NH+]1CC[NH+](CC(=O)N(c2ccccc2)C(C)C)CC1. The normalized spacial score (nSPS) is 19.2. The molecule has 2 aromatic rings. The Morgan fingerprint density at radius 2 is 1.72 bits per heavy atom. The molecule has 0 saturated carbocycles. The van der Waals surface area contributed by atoms with Gasteiger partial charge in [0.15, 0.2) is 6.54 Å². The molecular weight excluding hydrogens is 369 g/mol. The van der Waals surface area contributed by atoms with Crippen LogP contribution in [0.2, 0.25) is 0 Å². The standard InChI is InChI=1S/C23H30FN3O2/c1-18(2)27(21-7-5-4-6-8-21)23(28)17-26-13-11-25(12-14-26)16-19-15-20(24)9-10-22(19)29-3/h4-10,15,18H,11-14,16-17H2,1-3H3/p+2. The van der Waals surface area contributed by atoms with E-state index in [-0.39, 0.29) is 17.8 Å². The fraction of sp³-hybridized carbons (Fsp3) is 0.435. The Bertz CT molecular complexity index is 805. The van der Waals surface area contributed by atoms with Gasteiger partial charge in [-0.15, -0.1) is 0 Å². The summed E-state index contributed by atoms with van der Waals surface area (Å²) in [5.41, 5.74) is 1.85. The van der Waals surface area contributed by atoms with E-state index in [0.717, 1.165) is 49.7 Å². The van der Waals surface area contributed by atoms with Crippen molar-refractivity contribution in [2.24, 2.45) is 0 Å². The second-order valence-electron chi connectivity index (χ2n) is 8.00. The van der Waals surface area contributed by atoms with Crippen LogP contribution in [0, 0.1) is 5.82 Å². The molecule has 1 aliphatic rings. The number of quaternary nitrogens is 2. The summed E-state index contributed by atoms with van der Waals surface area (Å²) in [6.45, 7) is 9.11. The number of carbonyl (C=O) groups is 1. The lowest BCUT2D eigenvalue weighted by Crippen LogP contribution is -3.28. The molecule has 0 atom stereocenters. The first kappa shape index (κ1) is 21.3. The molecule has 156 valence electrons. The number of methoxy groups -OCH3 is 1. The van der Waals surface area contributed by atoms with Gasteiger partial charge in [-0.05, 0) is 44.2 Å². The minimum atomic E-state index is -0.232. The quantitative estimate of drug-likeness (QED) is 0.712. The maximum absolute atomic E-state index is 13.6. The molecule has 1 heterocycles. The average molecular weight is 402 g/mol. The molecule has 0 aliphatic carbocycles. The van der Waals surface area contributed by atoms with Gasteiger partial charge in [0.25, 0.3) is 5.91 Å². The van der Waals surface area contributed by atoms with E-state index in [1.807, 2.05) is 35.2 Å². The van der Waals surface area contributed by atoms with Crippen molar-refractivity contribution in [2.45, 2.75) is 26.4 Å². The molecule has 0 bridgehead atoms. The van der Waals surface area contributed by atoms with E-state index in [1.54, 1.807) is 19.2 Å². The predicted molar refractivity (Wildman–Crippen MR) is 112 cm³/mol. The van der Waals surface area contributed by atoms with Crippen molar-refractivity contribution in [1.82, 2.24) is 0 Å². The molecule has 3 rings (SSSR count). The lowest BCUT2D eigenvalue weighted by Gasteiger charge is -2.32. The van der Waals surface area contributed by atoms with E-state index in [2.05, 4.69) is 13.8 Å². The number of hydrogen-bond acceptors (Lipinski definition) is 2. The number of nitrogens with zero attached hydrogens (tertiary/aromatic N) is 1. The van der Waals surface area contributed by atoms with Crippen molar-refractivity contribution in [3.63, 3.8) is 0 Å². The van der Waals surface area contributed by atoms with E-state index >= 15 is 0 Å². The molecule has 5 nitrogen and oxygen atoms in total. The lowest BCUT2D eigenvalue weighted by molar-refractivity contribution is -1.02. The van der Waals surface area contributed by atoms with Crippen molar-refractivity contribution in [1.29, 1.82) is 0 Å². The Morgan fingerprint density at radius 1 is 1.07 bits per heavy atom. The summed E-state index contributed by atoms with van der Waals surface area (Å²) in [7, 11) is 1.62. The molecule has 2 aromatic carbocycles. The number of hydrogen-bond donors (Lipinski definition) is 2. The number of piperazine rings is 1. The van der Waals surface area contributed by atoms with Gasteiger partial charge in [0.05, 0.1) is 12.7 Å². The average Bonchev–Trinajstić information content (AvgIpc) is 2.70. The number of benzene rings is 2. The first-order chi connectivity index (χ1) is 14.0. The largest absolute Gasteiger partial charge is 0.496 e. The van der Waals surface area contributed by atoms with Gasteiger partial charge in [0.1, 0.15) is 44.3 Å². The van der Waals surface area contributed by atoms with Gasteiger partial charge in [-0.25, -0.2) is 4.39 Å². The van der Waals surface area contributed by atoms with Crippen molar-refractivity contribution < 1.29 is 23.7 Å². The maximum atomic E-state index is 13.6. The van der Waals surface area contributed by atoms with E-state index in [4.69, 9.17) is 4.74 Å². The summed E-state index contributed by atoms with van der Waals surface area (Å²) < 4.78 is 19.0. The zero-order chi connectivity index (χ0) is 20.8. The van der Waals surface area contributed by atoms with Crippen LogP contribution >= 0.6 is 0 Å². The van der Waals surface area contributed by atoms with Gasteiger partial charge in [-0.2, -0.15) is 0 Å². The summed E-state index contributed by atoms with van der Waals surface area (Å²) in [4.78, 5) is 17.6. The zero-order valence-electron chi connectivity index (χ0n) is 17.6. The second-order valence-corrected chi connectivity index (χ2v) is 8.00. The van der Waals surface area contributed by atoms with Crippen LogP contribution in [0.4, 0.5) is 10.1 Å².